The summed E-state index contributed by atoms with van der Waals surface area (Å²) < 4.78 is 11.5. The van der Waals surface area contributed by atoms with Gasteiger partial charge in [-0.15, -0.1) is 11.8 Å². The van der Waals surface area contributed by atoms with Crippen LogP contribution in [0.5, 0.6) is 11.5 Å². The number of nitrogens with zero attached hydrogens (tertiary/aromatic N) is 2. The number of amides is 1. The SMILES string of the molecule is COc1ccc(OCCCN(C)C)c(C2Sc3cc(C)ccc3N(C)C2=O)c1.O=C(O)C=CC(=O)O. The molecule has 1 unspecified atom stereocenters. The fraction of sp³-hybridized carbons (Fsp3) is 0.346. The van der Waals surface area contributed by atoms with Crippen LogP contribution in [0.4, 0.5) is 5.69 Å². The highest BCUT2D eigenvalue weighted by Crippen LogP contribution is 2.49. The molecule has 1 heterocycles. The Morgan fingerprint density at radius 3 is 2.36 bits per heavy atom. The second-order valence-corrected chi connectivity index (χ2v) is 9.43. The molecule has 0 saturated heterocycles. The van der Waals surface area contributed by atoms with E-state index in [4.69, 9.17) is 19.7 Å². The molecule has 0 radical (unpaired) electrons. The third-order valence-electron chi connectivity index (χ3n) is 5.15. The summed E-state index contributed by atoms with van der Waals surface area (Å²) in [6, 6.07) is 11.9. The largest absolute Gasteiger partial charge is 0.497 e. The van der Waals surface area contributed by atoms with E-state index in [1.165, 1.54) is 5.56 Å². The molecule has 2 aromatic rings. The van der Waals surface area contributed by atoms with E-state index in [-0.39, 0.29) is 11.2 Å². The highest BCUT2D eigenvalue weighted by Gasteiger charge is 2.34. The van der Waals surface area contributed by atoms with Crippen LogP contribution in [0.2, 0.25) is 0 Å². The summed E-state index contributed by atoms with van der Waals surface area (Å²) in [5, 5.41) is 15.3. The van der Waals surface area contributed by atoms with Gasteiger partial charge >= 0.3 is 11.9 Å². The van der Waals surface area contributed by atoms with Crippen molar-refractivity contribution in [1.29, 1.82) is 0 Å². The number of methoxy groups -OCH3 is 1. The maximum absolute atomic E-state index is 13.1. The maximum atomic E-state index is 13.1. The molecule has 194 valence electrons. The molecule has 0 saturated carbocycles. The van der Waals surface area contributed by atoms with Crippen molar-refractivity contribution in [2.24, 2.45) is 0 Å². The van der Waals surface area contributed by atoms with Crippen LogP contribution in [-0.2, 0) is 14.4 Å². The van der Waals surface area contributed by atoms with Gasteiger partial charge in [-0.1, -0.05) is 6.07 Å². The van der Waals surface area contributed by atoms with E-state index in [2.05, 4.69) is 17.9 Å². The molecule has 0 aliphatic carbocycles. The molecule has 9 nitrogen and oxygen atoms in total. The Hall–Kier alpha value is -3.50. The number of carboxylic acids is 2. The Morgan fingerprint density at radius 2 is 1.78 bits per heavy atom. The maximum Gasteiger partial charge on any atom is 0.328 e. The molecular weight excluding hydrogens is 484 g/mol. The fourth-order valence-electron chi connectivity index (χ4n) is 3.36. The first kappa shape index (κ1) is 28.7. The van der Waals surface area contributed by atoms with Gasteiger partial charge in [-0.3, -0.25) is 4.79 Å². The predicted octanol–water partition coefficient (Wildman–Crippen LogP) is 3.86. The lowest BCUT2D eigenvalue weighted by molar-refractivity contribution is -0.134. The standard InChI is InChI=1S/C22H28N2O3S.C4H4O4/c1-15-7-9-18-20(13-15)28-21(22(25)24(18)4)17-14-16(26-5)8-10-19(17)27-12-6-11-23(2)3;5-3(6)1-2-4(7)8/h7-10,13-14,21H,6,11-12H2,1-5H3;1-2H,(H,5,6)(H,7,8). The number of carbonyl (C=O) groups is 3. The lowest BCUT2D eigenvalue weighted by Crippen LogP contribution is -2.34. The first-order valence-corrected chi connectivity index (χ1v) is 12.1. The smallest absolute Gasteiger partial charge is 0.328 e. The number of rotatable bonds is 9. The van der Waals surface area contributed by atoms with Gasteiger partial charge in [0.25, 0.3) is 0 Å². The number of anilines is 1. The molecule has 0 bridgehead atoms. The van der Waals surface area contributed by atoms with Crippen LogP contribution in [0.25, 0.3) is 0 Å². The number of likely N-dealkylation sites (N-methyl/N-ethyl adjacent to an activating group) is 1. The predicted molar refractivity (Wildman–Crippen MR) is 139 cm³/mol. The van der Waals surface area contributed by atoms with E-state index >= 15 is 0 Å². The van der Waals surface area contributed by atoms with E-state index < -0.39 is 11.9 Å². The minimum atomic E-state index is -1.26. The zero-order valence-electron chi connectivity index (χ0n) is 21.1. The van der Waals surface area contributed by atoms with Gasteiger partial charge in [-0.25, -0.2) is 9.59 Å². The highest BCUT2D eigenvalue weighted by molar-refractivity contribution is 8.00. The molecule has 36 heavy (non-hydrogen) atoms. The van der Waals surface area contributed by atoms with Crippen LogP contribution in [0, 0.1) is 6.92 Å². The van der Waals surface area contributed by atoms with Crippen molar-refractivity contribution < 1.29 is 34.1 Å². The zero-order chi connectivity index (χ0) is 26.8. The van der Waals surface area contributed by atoms with Crippen molar-refractivity contribution in [2.45, 2.75) is 23.5 Å². The minimum absolute atomic E-state index is 0.0488. The van der Waals surface area contributed by atoms with Gasteiger partial charge in [-0.05, 0) is 63.3 Å². The molecule has 2 aromatic carbocycles. The van der Waals surface area contributed by atoms with Crippen molar-refractivity contribution in [2.75, 3.05) is 46.3 Å². The van der Waals surface area contributed by atoms with Crippen molar-refractivity contribution in [3.8, 4) is 11.5 Å². The normalized spacial score (nSPS) is 14.8. The zero-order valence-corrected chi connectivity index (χ0v) is 21.9. The first-order chi connectivity index (χ1) is 17.0. The summed E-state index contributed by atoms with van der Waals surface area (Å²) in [5.74, 6) is -0.996. The van der Waals surface area contributed by atoms with Crippen molar-refractivity contribution >= 4 is 35.3 Å². The van der Waals surface area contributed by atoms with E-state index in [0.717, 1.165) is 40.6 Å². The monoisotopic (exact) mass is 516 g/mol. The lowest BCUT2D eigenvalue weighted by Gasteiger charge is -2.32. The van der Waals surface area contributed by atoms with Gasteiger partial charge in [-0.2, -0.15) is 0 Å². The third-order valence-corrected chi connectivity index (χ3v) is 6.42. The Morgan fingerprint density at radius 1 is 1.11 bits per heavy atom. The van der Waals surface area contributed by atoms with Crippen LogP contribution in [0.3, 0.4) is 0 Å². The summed E-state index contributed by atoms with van der Waals surface area (Å²) in [6.45, 7) is 3.63. The lowest BCUT2D eigenvalue weighted by atomic mass is 10.1. The van der Waals surface area contributed by atoms with E-state index in [1.807, 2.05) is 51.5 Å². The molecule has 0 spiro atoms. The molecule has 0 fully saturated rings. The summed E-state index contributed by atoms with van der Waals surface area (Å²) in [6.07, 6.45) is 2.04. The van der Waals surface area contributed by atoms with E-state index in [0.29, 0.717) is 18.8 Å². The number of thioether (sulfide) groups is 1. The average Bonchev–Trinajstić information content (AvgIpc) is 2.83. The van der Waals surface area contributed by atoms with Crippen LogP contribution in [0.1, 0.15) is 22.8 Å². The first-order valence-electron chi connectivity index (χ1n) is 11.2. The van der Waals surface area contributed by atoms with Crippen molar-refractivity contribution in [3.63, 3.8) is 0 Å². The molecule has 3 rings (SSSR count). The van der Waals surface area contributed by atoms with Crippen molar-refractivity contribution in [3.05, 3.63) is 59.7 Å². The minimum Gasteiger partial charge on any atom is -0.497 e. The van der Waals surface area contributed by atoms with Crippen LogP contribution in [0.15, 0.2) is 53.4 Å². The summed E-state index contributed by atoms with van der Waals surface area (Å²) in [7, 11) is 7.56. The third kappa shape index (κ3) is 8.31. The second-order valence-electron chi connectivity index (χ2n) is 8.29. The second kappa shape index (κ2) is 13.6. The van der Waals surface area contributed by atoms with Gasteiger partial charge in [0.15, 0.2) is 0 Å². The number of aliphatic carboxylic acids is 2. The Bertz CT molecular complexity index is 1100. The van der Waals surface area contributed by atoms with E-state index in [9.17, 15) is 14.4 Å². The number of carboxylic acid groups (broad SMARTS) is 2. The average molecular weight is 517 g/mol. The number of ether oxygens (including phenoxy) is 2. The van der Waals surface area contributed by atoms with Gasteiger partial charge in [0.2, 0.25) is 5.91 Å². The Labute approximate surface area is 215 Å². The number of hydrogen-bond donors (Lipinski definition) is 2. The van der Waals surface area contributed by atoms with Crippen LogP contribution in [-0.4, -0.2) is 74.4 Å². The van der Waals surface area contributed by atoms with Crippen LogP contribution < -0.4 is 14.4 Å². The van der Waals surface area contributed by atoms with Gasteiger partial charge in [0.05, 0.1) is 19.4 Å². The molecule has 2 N–H and O–H groups in total. The molecular formula is C26H32N2O7S. The topological polar surface area (TPSA) is 117 Å². The Kier molecular flexibility index (Phi) is 10.8. The molecule has 1 aliphatic heterocycles. The fourth-order valence-corrected chi connectivity index (χ4v) is 4.76. The molecule has 10 heteroatoms. The van der Waals surface area contributed by atoms with Gasteiger partial charge < -0.3 is 29.5 Å². The number of benzene rings is 2. The van der Waals surface area contributed by atoms with Gasteiger partial charge in [0.1, 0.15) is 16.7 Å². The summed E-state index contributed by atoms with van der Waals surface area (Å²) in [5.41, 5.74) is 2.99. The van der Waals surface area contributed by atoms with Gasteiger partial charge in [0, 0.05) is 36.2 Å². The summed E-state index contributed by atoms with van der Waals surface area (Å²) >= 11 is 1.58. The number of carbonyl (C=O) groups excluding carboxylic acids is 1. The molecule has 1 atom stereocenters. The summed E-state index contributed by atoms with van der Waals surface area (Å²) in [4.78, 5) is 37.2. The van der Waals surface area contributed by atoms with Crippen LogP contribution >= 0.6 is 11.8 Å². The molecule has 1 amide bonds. The highest BCUT2D eigenvalue weighted by atomic mass is 32.2. The van der Waals surface area contributed by atoms with Crippen molar-refractivity contribution in [1.82, 2.24) is 4.90 Å². The quantitative estimate of drug-likeness (QED) is 0.378. The Balaban J connectivity index is 0.000000493. The van der Waals surface area contributed by atoms with E-state index in [1.54, 1.807) is 23.8 Å². The number of aryl methyl sites for hydroxylation is 1. The number of fused-ring (bicyclic) bond motifs is 1. The molecule has 1 aliphatic rings. The molecule has 0 aromatic heterocycles. The number of hydrogen-bond acceptors (Lipinski definition) is 7.